The van der Waals surface area contributed by atoms with E-state index in [1.807, 2.05) is 6.07 Å². The molecule has 1 aromatic heterocycles. The van der Waals surface area contributed by atoms with E-state index in [4.69, 9.17) is 27.3 Å². The Morgan fingerprint density at radius 1 is 1.32 bits per heavy atom. The molecule has 2 rings (SSSR count). The molecule has 1 aromatic carbocycles. The molecule has 0 saturated heterocycles. The van der Waals surface area contributed by atoms with E-state index in [2.05, 4.69) is 4.98 Å². The van der Waals surface area contributed by atoms with Crippen molar-refractivity contribution < 1.29 is 13.5 Å². The summed E-state index contributed by atoms with van der Waals surface area (Å²) in [6.07, 6.45) is 1.27. The van der Waals surface area contributed by atoms with Crippen LogP contribution in [0.25, 0.3) is 0 Å². The average molecular weight is 282 g/mol. The first-order valence-corrected chi connectivity index (χ1v) is 5.37. The SMILES string of the molecule is N#Cc1ccnc(Oc2cc(F)c(N)cc2F)c1Cl. The summed E-state index contributed by atoms with van der Waals surface area (Å²) < 4.78 is 31.8. The fourth-order valence-electron chi connectivity index (χ4n) is 1.31. The van der Waals surface area contributed by atoms with E-state index in [-0.39, 0.29) is 22.2 Å². The fourth-order valence-corrected chi connectivity index (χ4v) is 1.50. The molecule has 7 heteroatoms. The maximum Gasteiger partial charge on any atom is 0.239 e. The molecule has 0 aliphatic rings. The predicted molar refractivity (Wildman–Crippen MR) is 64.8 cm³/mol. The molecule has 2 aromatic rings. The van der Waals surface area contributed by atoms with Gasteiger partial charge in [-0.05, 0) is 6.07 Å². The average Bonchev–Trinajstić information content (AvgIpc) is 2.38. The number of pyridine rings is 1. The number of hydrogen-bond donors (Lipinski definition) is 1. The molecular weight excluding hydrogens is 276 g/mol. The normalized spacial score (nSPS) is 10.0. The lowest BCUT2D eigenvalue weighted by molar-refractivity contribution is 0.423. The third-order valence-electron chi connectivity index (χ3n) is 2.24. The summed E-state index contributed by atoms with van der Waals surface area (Å²) in [5.74, 6) is -2.30. The van der Waals surface area contributed by atoms with E-state index in [0.717, 1.165) is 12.1 Å². The van der Waals surface area contributed by atoms with Crippen molar-refractivity contribution in [2.45, 2.75) is 0 Å². The van der Waals surface area contributed by atoms with Crippen LogP contribution in [0.4, 0.5) is 14.5 Å². The molecule has 0 aliphatic heterocycles. The first-order valence-electron chi connectivity index (χ1n) is 5.00. The zero-order valence-corrected chi connectivity index (χ0v) is 10.1. The quantitative estimate of drug-likeness (QED) is 0.858. The minimum absolute atomic E-state index is 0.0818. The second kappa shape index (κ2) is 5.08. The minimum Gasteiger partial charge on any atom is -0.434 e. The smallest absolute Gasteiger partial charge is 0.239 e. The zero-order chi connectivity index (χ0) is 14.0. The Kier molecular flexibility index (Phi) is 3.49. The van der Waals surface area contributed by atoms with Gasteiger partial charge in [0.05, 0.1) is 11.3 Å². The number of hydrogen-bond acceptors (Lipinski definition) is 4. The van der Waals surface area contributed by atoms with Gasteiger partial charge in [-0.25, -0.2) is 13.8 Å². The van der Waals surface area contributed by atoms with Gasteiger partial charge in [0.25, 0.3) is 0 Å². The number of rotatable bonds is 2. The number of benzene rings is 1. The summed E-state index contributed by atoms with van der Waals surface area (Å²) in [5.41, 5.74) is 4.98. The van der Waals surface area contributed by atoms with Gasteiger partial charge in [0.15, 0.2) is 11.6 Å². The van der Waals surface area contributed by atoms with Crippen LogP contribution in [0.15, 0.2) is 24.4 Å². The highest BCUT2D eigenvalue weighted by molar-refractivity contribution is 6.33. The lowest BCUT2D eigenvalue weighted by Crippen LogP contribution is -1.97. The van der Waals surface area contributed by atoms with E-state index in [1.165, 1.54) is 12.3 Å². The standard InChI is InChI=1S/C12H6ClF2N3O/c13-11-6(5-16)1-2-18-12(11)19-10-4-7(14)9(17)3-8(10)15/h1-4H,17H2. The minimum atomic E-state index is -0.862. The van der Waals surface area contributed by atoms with E-state index >= 15 is 0 Å². The number of nitriles is 1. The largest absolute Gasteiger partial charge is 0.434 e. The van der Waals surface area contributed by atoms with Crippen molar-refractivity contribution in [2.75, 3.05) is 5.73 Å². The first-order chi connectivity index (χ1) is 9.02. The Labute approximate surface area is 112 Å². The predicted octanol–water partition coefficient (Wildman–Crippen LogP) is 3.26. The second-order valence-corrected chi connectivity index (χ2v) is 3.87. The molecule has 0 unspecified atom stereocenters. The van der Waals surface area contributed by atoms with Crippen molar-refractivity contribution in [1.29, 1.82) is 5.26 Å². The molecule has 1 heterocycles. The van der Waals surface area contributed by atoms with Crippen LogP contribution in [-0.2, 0) is 0 Å². The van der Waals surface area contributed by atoms with Gasteiger partial charge < -0.3 is 10.5 Å². The van der Waals surface area contributed by atoms with Gasteiger partial charge in [0, 0.05) is 18.3 Å². The van der Waals surface area contributed by atoms with Gasteiger partial charge in [-0.2, -0.15) is 5.26 Å². The highest BCUT2D eigenvalue weighted by Crippen LogP contribution is 2.32. The van der Waals surface area contributed by atoms with Crippen molar-refractivity contribution in [1.82, 2.24) is 4.98 Å². The van der Waals surface area contributed by atoms with Crippen LogP contribution >= 0.6 is 11.6 Å². The number of ether oxygens (including phenoxy) is 1. The van der Waals surface area contributed by atoms with Crippen molar-refractivity contribution >= 4 is 17.3 Å². The molecule has 0 bridgehead atoms. The second-order valence-electron chi connectivity index (χ2n) is 3.50. The topological polar surface area (TPSA) is 71.9 Å². The van der Waals surface area contributed by atoms with Crippen molar-refractivity contribution in [3.05, 3.63) is 46.6 Å². The maximum absolute atomic E-state index is 13.5. The van der Waals surface area contributed by atoms with Crippen molar-refractivity contribution in [2.24, 2.45) is 0 Å². The monoisotopic (exact) mass is 281 g/mol. The van der Waals surface area contributed by atoms with Crippen LogP contribution in [0.1, 0.15) is 5.56 Å². The Balaban J connectivity index is 2.43. The van der Waals surface area contributed by atoms with Gasteiger partial charge in [0.1, 0.15) is 16.9 Å². The molecule has 0 radical (unpaired) electrons. The Hall–Kier alpha value is -2.39. The zero-order valence-electron chi connectivity index (χ0n) is 9.32. The Morgan fingerprint density at radius 2 is 2.05 bits per heavy atom. The van der Waals surface area contributed by atoms with E-state index < -0.39 is 17.4 Å². The van der Waals surface area contributed by atoms with Gasteiger partial charge >= 0.3 is 0 Å². The van der Waals surface area contributed by atoms with Crippen LogP contribution in [0.3, 0.4) is 0 Å². The van der Waals surface area contributed by atoms with E-state index in [1.54, 1.807) is 0 Å². The summed E-state index contributed by atoms with van der Waals surface area (Å²) in [5, 5.41) is 8.69. The molecule has 0 saturated carbocycles. The fraction of sp³-hybridized carbons (Fsp3) is 0. The Bertz CT molecular complexity index is 685. The third-order valence-corrected chi connectivity index (χ3v) is 2.60. The van der Waals surface area contributed by atoms with Crippen LogP contribution in [0, 0.1) is 23.0 Å². The molecule has 0 spiro atoms. The molecule has 0 fully saturated rings. The Morgan fingerprint density at radius 3 is 2.74 bits per heavy atom. The number of halogens is 3. The van der Waals surface area contributed by atoms with E-state index in [0.29, 0.717) is 0 Å². The highest BCUT2D eigenvalue weighted by atomic mass is 35.5. The summed E-state index contributed by atoms with van der Waals surface area (Å²) in [6, 6.07) is 4.75. The van der Waals surface area contributed by atoms with Crippen molar-refractivity contribution in [3.8, 4) is 17.7 Å². The van der Waals surface area contributed by atoms with Gasteiger partial charge in [-0.3, -0.25) is 0 Å². The number of nitrogen functional groups attached to an aromatic ring is 1. The van der Waals surface area contributed by atoms with Crippen LogP contribution < -0.4 is 10.5 Å². The first kappa shape index (κ1) is 13.1. The lowest BCUT2D eigenvalue weighted by Gasteiger charge is -2.08. The van der Waals surface area contributed by atoms with E-state index in [9.17, 15) is 8.78 Å². The van der Waals surface area contributed by atoms with Crippen molar-refractivity contribution in [3.63, 3.8) is 0 Å². The number of nitrogens with zero attached hydrogens (tertiary/aromatic N) is 2. The van der Waals surface area contributed by atoms with Gasteiger partial charge in [0.2, 0.25) is 5.88 Å². The van der Waals surface area contributed by atoms with Crippen LogP contribution in [-0.4, -0.2) is 4.98 Å². The maximum atomic E-state index is 13.5. The molecule has 0 atom stereocenters. The third kappa shape index (κ3) is 2.56. The molecule has 4 nitrogen and oxygen atoms in total. The van der Waals surface area contributed by atoms with Crippen LogP contribution in [0.2, 0.25) is 5.02 Å². The molecule has 0 aliphatic carbocycles. The molecule has 2 N–H and O–H groups in total. The lowest BCUT2D eigenvalue weighted by atomic mass is 10.2. The van der Waals surface area contributed by atoms with Crippen LogP contribution in [0.5, 0.6) is 11.6 Å². The summed E-state index contributed by atoms with van der Waals surface area (Å²) in [7, 11) is 0. The summed E-state index contributed by atoms with van der Waals surface area (Å²) in [4.78, 5) is 3.75. The summed E-state index contributed by atoms with van der Waals surface area (Å²) >= 11 is 5.83. The molecule has 96 valence electrons. The molecule has 19 heavy (non-hydrogen) atoms. The number of nitrogens with two attached hydrogens (primary N) is 1. The van der Waals surface area contributed by atoms with Gasteiger partial charge in [-0.15, -0.1) is 0 Å². The molecule has 0 amide bonds. The molecular formula is C12H6ClF2N3O. The highest BCUT2D eigenvalue weighted by Gasteiger charge is 2.14. The summed E-state index contributed by atoms with van der Waals surface area (Å²) in [6.45, 7) is 0. The number of aromatic nitrogens is 1. The van der Waals surface area contributed by atoms with Gasteiger partial charge in [-0.1, -0.05) is 11.6 Å². The number of anilines is 1.